The van der Waals surface area contributed by atoms with Gasteiger partial charge in [-0.3, -0.25) is 4.99 Å². The number of rotatable bonds is 2. The van der Waals surface area contributed by atoms with Gasteiger partial charge in [0.1, 0.15) is 5.75 Å². The van der Waals surface area contributed by atoms with Crippen molar-refractivity contribution in [2.24, 2.45) is 4.99 Å². The summed E-state index contributed by atoms with van der Waals surface area (Å²) in [6.45, 7) is 5.95. The van der Waals surface area contributed by atoms with E-state index in [0.29, 0.717) is 5.75 Å². The summed E-state index contributed by atoms with van der Waals surface area (Å²) in [6.07, 6.45) is 0. The van der Waals surface area contributed by atoms with Crippen LogP contribution in [-0.2, 0) is 0 Å². The Hall–Kier alpha value is -1.31. The molecule has 0 heterocycles. The van der Waals surface area contributed by atoms with Crippen molar-refractivity contribution in [2.75, 3.05) is 0 Å². The summed E-state index contributed by atoms with van der Waals surface area (Å²) < 4.78 is 0. The highest BCUT2D eigenvalue weighted by molar-refractivity contribution is 6.01. The predicted molar refractivity (Wildman–Crippen MR) is 55.5 cm³/mol. The third kappa shape index (κ3) is 2.58. The molecule has 0 bridgehead atoms. The maximum Gasteiger partial charge on any atom is 0.124 e. The highest BCUT2D eigenvalue weighted by Crippen LogP contribution is 2.16. The average Bonchev–Trinajstić information content (AvgIpc) is 2.03. The first-order valence-electron chi connectivity index (χ1n) is 4.44. The number of phenols is 1. The molecule has 0 saturated heterocycles. The van der Waals surface area contributed by atoms with Gasteiger partial charge in [0.05, 0.1) is 0 Å². The van der Waals surface area contributed by atoms with Crippen LogP contribution in [-0.4, -0.2) is 16.9 Å². The molecular weight excluding hydrogens is 162 g/mol. The van der Waals surface area contributed by atoms with Crippen LogP contribution in [0, 0.1) is 0 Å². The fourth-order valence-corrected chi connectivity index (χ4v) is 1.24. The number of nitrogens with zero attached hydrogens (tertiary/aromatic N) is 1. The molecule has 0 unspecified atom stereocenters. The third-order valence-electron chi connectivity index (χ3n) is 1.75. The number of aromatic hydroxyl groups is 1. The van der Waals surface area contributed by atoms with Gasteiger partial charge >= 0.3 is 0 Å². The SMILES string of the molecule is C/C(=N/C(C)C)c1ccccc1O. The van der Waals surface area contributed by atoms with Crippen LogP contribution < -0.4 is 0 Å². The lowest BCUT2D eigenvalue weighted by Crippen LogP contribution is -2.00. The van der Waals surface area contributed by atoms with Gasteiger partial charge < -0.3 is 5.11 Å². The van der Waals surface area contributed by atoms with E-state index in [-0.39, 0.29) is 6.04 Å². The lowest BCUT2D eigenvalue weighted by Gasteiger charge is -2.05. The number of benzene rings is 1. The van der Waals surface area contributed by atoms with Gasteiger partial charge in [-0.05, 0) is 32.9 Å². The number of para-hydroxylation sites is 1. The van der Waals surface area contributed by atoms with Gasteiger partial charge in [-0.15, -0.1) is 0 Å². The van der Waals surface area contributed by atoms with Crippen LogP contribution in [0.25, 0.3) is 0 Å². The highest BCUT2D eigenvalue weighted by atomic mass is 16.3. The normalized spacial score (nSPS) is 12.2. The molecule has 0 aliphatic heterocycles. The molecule has 0 aliphatic carbocycles. The first-order chi connectivity index (χ1) is 6.11. The van der Waals surface area contributed by atoms with Crippen LogP contribution in [0.2, 0.25) is 0 Å². The van der Waals surface area contributed by atoms with Gasteiger partial charge in [0.15, 0.2) is 0 Å². The van der Waals surface area contributed by atoms with E-state index in [4.69, 9.17) is 0 Å². The number of aliphatic imine (C=N–C) groups is 1. The zero-order valence-electron chi connectivity index (χ0n) is 8.28. The largest absolute Gasteiger partial charge is 0.507 e. The van der Waals surface area contributed by atoms with E-state index in [9.17, 15) is 5.11 Å². The molecule has 1 aromatic carbocycles. The molecule has 0 saturated carbocycles. The minimum absolute atomic E-state index is 0.264. The van der Waals surface area contributed by atoms with Crippen molar-refractivity contribution >= 4 is 5.71 Å². The Bertz CT molecular complexity index is 316. The number of phenolic OH excluding ortho intramolecular Hbond substituents is 1. The minimum atomic E-state index is 0.264. The Morgan fingerprint density at radius 3 is 2.46 bits per heavy atom. The van der Waals surface area contributed by atoms with Crippen molar-refractivity contribution in [2.45, 2.75) is 26.8 Å². The Kier molecular flexibility index (Phi) is 3.07. The molecule has 0 aromatic heterocycles. The van der Waals surface area contributed by atoms with Crippen LogP contribution in [0.4, 0.5) is 0 Å². The zero-order chi connectivity index (χ0) is 9.84. The van der Waals surface area contributed by atoms with Crippen LogP contribution in [0.5, 0.6) is 5.75 Å². The molecule has 2 nitrogen and oxygen atoms in total. The summed E-state index contributed by atoms with van der Waals surface area (Å²) in [5, 5.41) is 9.51. The van der Waals surface area contributed by atoms with E-state index in [2.05, 4.69) is 4.99 Å². The molecular formula is C11H15NO. The first-order valence-corrected chi connectivity index (χ1v) is 4.44. The summed E-state index contributed by atoms with van der Waals surface area (Å²) in [5.41, 5.74) is 1.70. The lowest BCUT2D eigenvalue weighted by atomic mass is 10.1. The Morgan fingerprint density at radius 1 is 1.31 bits per heavy atom. The smallest absolute Gasteiger partial charge is 0.124 e. The van der Waals surface area contributed by atoms with E-state index >= 15 is 0 Å². The second-order valence-corrected chi connectivity index (χ2v) is 3.33. The maximum atomic E-state index is 9.51. The van der Waals surface area contributed by atoms with Gasteiger partial charge in [0.25, 0.3) is 0 Å². The van der Waals surface area contributed by atoms with Gasteiger partial charge in [-0.25, -0.2) is 0 Å². The van der Waals surface area contributed by atoms with Gasteiger partial charge in [-0.2, -0.15) is 0 Å². The van der Waals surface area contributed by atoms with Crippen LogP contribution in [0.15, 0.2) is 29.3 Å². The van der Waals surface area contributed by atoms with Crippen molar-refractivity contribution in [1.29, 1.82) is 0 Å². The molecule has 0 spiro atoms. The van der Waals surface area contributed by atoms with Crippen LogP contribution in [0.3, 0.4) is 0 Å². The monoisotopic (exact) mass is 177 g/mol. The fourth-order valence-electron chi connectivity index (χ4n) is 1.24. The van der Waals surface area contributed by atoms with E-state index in [1.54, 1.807) is 6.07 Å². The van der Waals surface area contributed by atoms with E-state index in [1.165, 1.54) is 0 Å². The van der Waals surface area contributed by atoms with Crippen LogP contribution >= 0.6 is 0 Å². The molecule has 70 valence electrons. The van der Waals surface area contributed by atoms with Gasteiger partial charge in [-0.1, -0.05) is 12.1 Å². The summed E-state index contributed by atoms with van der Waals surface area (Å²) in [4.78, 5) is 4.37. The molecule has 0 fully saturated rings. The van der Waals surface area contributed by atoms with E-state index < -0.39 is 0 Å². The Labute approximate surface area is 78.9 Å². The number of hydrogen-bond acceptors (Lipinski definition) is 2. The zero-order valence-corrected chi connectivity index (χ0v) is 8.28. The predicted octanol–water partition coefficient (Wildman–Crippen LogP) is 2.61. The van der Waals surface area contributed by atoms with Gasteiger partial charge in [0, 0.05) is 17.3 Å². The topological polar surface area (TPSA) is 32.6 Å². The van der Waals surface area contributed by atoms with Crippen molar-refractivity contribution in [3.8, 4) is 5.75 Å². The highest BCUT2D eigenvalue weighted by Gasteiger charge is 2.02. The van der Waals surface area contributed by atoms with Crippen LogP contribution in [0.1, 0.15) is 26.3 Å². The Balaban J connectivity index is 3.02. The second-order valence-electron chi connectivity index (χ2n) is 3.33. The summed E-state index contributed by atoms with van der Waals surface area (Å²) >= 11 is 0. The molecule has 0 amide bonds. The molecule has 0 aliphatic rings. The van der Waals surface area contributed by atoms with E-state index in [0.717, 1.165) is 11.3 Å². The molecule has 0 radical (unpaired) electrons. The van der Waals surface area contributed by atoms with Crippen molar-refractivity contribution in [1.82, 2.24) is 0 Å². The summed E-state index contributed by atoms with van der Waals surface area (Å²) in [6, 6.07) is 7.51. The molecule has 0 atom stereocenters. The van der Waals surface area contributed by atoms with E-state index in [1.807, 2.05) is 39.0 Å². The minimum Gasteiger partial charge on any atom is -0.507 e. The van der Waals surface area contributed by atoms with Crippen molar-refractivity contribution in [3.05, 3.63) is 29.8 Å². The molecule has 13 heavy (non-hydrogen) atoms. The Morgan fingerprint density at radius 2 is 1.92 bits per heavy atom. The van der Waals surface area contributed by atoms with Crippen molar-refractivity contribution < 1.29 is 5.11 Å². The fraction of sp³-hybridized carbons (Fsp3) is 0.364. The van der Waals surface area contributed by atoms with Crippen molar-refractivity contribution in [3.63, 3.8) is 0 Å². The summed E-state index contributed by atoms with van der Waals surface area (Å²) in [7, 11) is 0. The number of hydrogen-bond donors (Lipinski definition) is 1. The first kappa shape index (κ1) is 9.78. The average molecular weight is 177 g/mol. The molecule has 1 aromatic rings. The molecule has 1 N–H and O–H groups in total. The molecule has 2 heteroatoms. The lowest BCUT2D eigenvalue weighted by molar-refractivity contribution is 0.474. The standard InChI is InChI=1S/C11H15NO/c1-8(2)12-9(3)10-6-4-5-7-11(10)13/h4-8,13H,1-3H3/b12-9-. The quantitative estimate of drug-likeness (QED) is 0.692. The maximum absolute atomic E-state index is 9.51. The molecule has 1 rings (SSSR count). The van der Waals surface area contributed by atoms with Gasteiger partial charge in [0.2, 0.25) is 0 Å². The summed E-state index contributed by atoms with van der Waals surface area (Å²) in [5.74, 6) is 0.296. The third-order valence-corrected chi connectivity index (χ3v) is 1.75. The second kappa shape index (κ2) is 4.08.